The highest BCUT2D eigenvalue weighted by atomic mass is 79.9. The molecule has 4 rings (SSSR count). The van der Waals surface area contributed by atoms with Crippen molar-refractivity contribution in [1.82, 2.24) is 19.7 Å². The van der Waals surface area contributed by atoms with Crippen LogP contribution in [0, 0.1) is 0 Å². The Morgan fingerprint density at radius 2 is 2.30 bits per heavy atom. The lowest BCUT2D eigenvalue weighted by Gasteiger charge is -2.09. The molecule has 1 aliphatic rings. The Morgan fingerprint density at radius 1 is 1.41 bits per heavy atom. The number of amides is 1. The fraction of sp³-hybridized carbons (Fsp3) is 0.333. The quantitative estimate of drug-likeness (QED) is 0.566. The maximum absolute atomic E-state index is 12.4. The van der Waals surface area contributed by atoms with Gasteiger partial charge in [-0.2, -0.15) is 9.78 Å². The summed E-state index contributed by atoms with van der Waals surface area (Å²) >= 11 is 4.90. The van der Waals surface area contributed by atoms with Crippen LogP contribution in [0.1, 0.15) is 30.5 Å². The van der Waals surface area contributed by atoms with E-state index in [9.17, 15) is 9.59 Å². The molecule has 0 unspecified atom stereocenters. The first-order valence-corrected chi connectivity index (χ1v) is 10.8. The highest BCUT2D eigenvalue weighted by molar-refractivity contribution is 9.09. The van der Waals surface area contributed by atoms with Gasteiger partial charge in [0.25, 0.3) is 5.56 Å². The van der Waals surface area contributed by atoms with Gasteiger partial charge in [-0.25, -0.2) is 4.98 Å². The van der Waals surface area contributed by atoms with Gasteiger partial charge < -0.3 is 5.32 Å². The van der Waals surface area contributed by atoms with Gasteiger partial charge in [0.1, 0.15) is 11.5 Å². The van der Waals surface area contributed by atoms with Crippen LogP contribution in [0.4, 0.5) is 5.82 Å². The van der Waals surface area contributed by atoms with Crippen molar-refractivity contribution < 1.29 is 4.79 Å². The van der Waals surface area contributed by atoms with E-state index in [1.807, 2.05) is 23.6 Å². The van der Waals surface area contributed by atoms with Gasteiger partial charge in [-0.05, 0) is 37.1 Å². The largest absolute Gasteiger partial charge is 0.310 e. The maximum atomic E-state index is 12.4. The molecule has 0 aliphatic heterocycles. The predicted molar refractivity (Wildman–Crippen MR) is 109 cm³/mol. The second kappa shape index (κ2) is 7.77. The maximum Gasteiger partial charge on any atom is 0.255 e. The molecular weight excluding hydrogens is 430 g/mol. The number of carbonyl (C=O) groups excluding carboxylic acids is 1. The molecule has 3 aromatic heterocycles. The van der Waals surface area contributed by atoms with Gasteiger partial charge in [-0.1, -0.05) is 22.0 Å². The summed E-state index contributed by atoms with van der Waals surface area (Å²) in [6, 6.07) is 5.72. The second-order valence-corrected chi connectivity index (χ2v) is 8.05. The summed E-state index contributed by atoms with van der Waals surface area (Å²) in [5, 5.41) is 10.2. The number of halogens is 1. The van der Waals surface area contributed by atoms with Crippen LogP contribution in [0.15, 0.2) is 28.4 Å². The third kappa shape index (κ3) is 3.74. The topological polar surface area (TPSA) is 92.7 Å². The first-order chi connectivity index (χ1) is 13.2. The number of aromatic amines is 1. The molecule has 0 saturated carbocycles. The van der Waals surface area contributed by atoms with Crippen molar-refractivity contribution in [2.45, 2.75) is 32.1 Å². The summed E-state index contributed by atoms with van der Waals surface area (Å²) in [4.78, 5) is 33.0. The lowest BCUT2D eigenvalue weighted by molar-refractivity contribution is -0.116. The highest BCUT2D eigenvalue weighted by Crippen LogP contribution is 2.28. The number of H-pyrrole nitrogens is 1. The summed E-state index contributed by atoms with van der Waals surface area (Å²) in [6.45, 7) is 0. The Hall–Kier alpha value is -2.26. The van der Waals surface area contributed by atoms with Crippen LogP contribution >= 0.6 is 27.3 Å². The van der Waals surface area contributed by atoms with Crippen LogP contribution in [0.25, 0.3) is 16.5 Å². The number of nitrogens with zero attached hydrogens (tertiary/aromatic N) is 3. The SMILES string of the molecule is O=C(CCCBr)Nc1cc(-c2cccs2)nn1-c1nc2c(c(=O)[nH]1)CCC2. The van der Waals surface area contributed by atoms with Crippen molar-refractivity contribution in [3.63, 3.8) is 0 Å². The third-order valence-corrected chi connectivity index (χ3v) is 5.87. The monoisotopic (exact) mass is 447 g/mol. The van der Waals surface area contributed by atoms with Crippen LogP contribution in [0.2, 0.25) is 0 Å². The Labute approximate surface area is 168 Å². The normalized spacial score (nSPS) is 12.9. The Morgan fingerprint density at radius 3 is 3.07 bits per heavy atom. The molecule has 0 spiro atoms. The minimum atomic E-state index is -0.128. The van der Waals surface area contributed by atoms with Gasteiger partial charge in [-0.15, -0.1) is 11.3 Å². The average molecular weight is 448 g/mol. The molecule has 3 aromatic rings. The standard InChI is InChI=1S/C18H18BrN5O2S/c19-8-2-7-16(25)21-15-10-13(14-6-3-9-27-14)23-24(15)18-20-12-5-1-4-11(12)17(26)22-18/h3,6,9-10H,1-2,4-5,7-8H2,(H,21,25)(H,20,22,26). The van der Waals surface area contributed by atoms with Gasteiger partial charge in [0, 0.05) is 23.4 Å². The van der Waals surface area contributed by atoms with E-state index >= 15 is 0 Å². The number of aryl methyl sites for hydroxylation is 1. The summed E-state index contributed by atoms with van der Waals surface area (Å²) in [5.41, 5.74) is 2.17. The number of rotatable bonds is 6. The van der Waals surface area contributed by atoms with Gasteiger partial charge in [0.05, 0.1) is 10.6 Å². The number of aromatic nitrogens is 4. The van der Waals surface area contributed by atoms with Crippen LogP contribution in [0.3, 0.4) is 0 Å². The van der Waals surface area contributed by atoms with Crippen LogP contribution in [-0.2, 0) is 17.6 Å². The van der Waals surface area contributed by atoms with E-state index in [0.717, 1.165) is 52.8 Å². The fourth-order valence-corrected chi connectivity index (χ4v) is 4.10. The van der Waals surface area contributed by atoms with Crippen molar-refractivity contribution in [2.24, 2.45) is 0 Å². The number of thiophene rings is 1. The highest BCUT2D eigenvalue weighted by Gasteiger charge is 2.21. The number of anilines is 1. The van der Waals surface area contributed by atoms with Crippen molar-refractivity contribution in [3.8, 4) is 16.5 Å². The van der Waals surface area contributed by atoms with E-state index in [2.05, 4.69) is 36.3 Å². The number of fused-ring (bicyclic) bond motifs is 1. The van der Waals surface area contributed by atoms with E-state index in [1.165, 1.54) is 4.68 Å². The molecule has 7 nitrogen and oxygen atoms in total. The number of nitrogens with one attached hydrogen (secondary N) is 2. The van der Waals surface area contributed by atoms with E-state index in [1.54, 1.807) is 11.3 Å². The molecule has 1 aliphatic carbocycles. The van der Waals surface area contributed by atoms with E-state index in [-0.39, 0.29) is 11.5 Å². The Balaban J connectivity index is 1.75. The minimum Gasteiger partial charge on any atom is -0.310 e. The van der Waals surface area contributed by atoms with Crippen molar-refractivity contribution in [2.75, 3.05) is 10.6 Å². The molecule has 3 heterocycles. The molecule has 140 valence electrons. The number of alkyl halides is 1. The third-order valence-electron chi connectivity index (χ3n) is 4.42. The van der Waals surface area contributed by atoms with Crippen molar-refractivity contribution >= 4 is 39.0 Å². The summed E-state index contributed by atoms with van der Waals surface area (Å²) in [5.74, 6) is 0.732. The molecule has 0 atom stereocenters. The molecule has 9 heteroatoms. The van der Waals surface area contributed by atoms with E-state index in [4.69, 9.17) is 0 Å². The Kier molecular flexibility index (Phi) is 5.22. The van der Waals surface area contributed by atoms with Crippen molar-refractivity contribution in [1.29, 1.82) is 0 Å². The van der Waals surface area contributed by atoms with Crippen LogP contribution in [-0.4, -0.2) is 31.0 Å². The zero-order chi connectivity index (χ0) is 18.8. The lowest BCUT2D eigenvalue weighted by atomic mass is 10.3. The van der Waals surface area contributed by atoms with E-state index in [0.29, 0.717) is 18.2 Å². The molecule has 1 amide bonds. The van der Waals surface area contributed by atoms with Gasteiger partial charge in [-0.3, -0.25) is 14.6 Å². The molecule has 2 N–H and O–H groups in total. The van der Waals surface area contributed by atoms with Gasteiger partial charge >= 0.3 is 0 Å². The molecule has 0 radical (unpaired) electrons. The first kappa shape index (κ1) is 18.1. The smallest absolute Gasteiger partial charge is 0.255 e. The number of carbonyl (C=O) groups is 1. The number of hydrogen-bond acceptors (Lipinski definition) is 5. The molecule has 0 saturated heterocycles. The predicted octanol–water partition coefficient (Wildman–Crippen LogP) is 3.29. The summed E-state index contributed by atoms with van der Waals surface area (Å²) in [7, 11) is 0. The van der Waals surface area contributed by atoms with Crippen molar-refractivity contribution in [3.05, 3.63) is 45.2 Å². The zero-order valence-electron chi connectivity index (χ0n) is 14.5. The second-order valence-electron chi connectivity index (χ2n) is 6.31. The lowest BCUT2D eigenvalue weighted by Crippen LogP contribution is -2.21. The first-order valence-electron chi connectivity index (χ1n) is 8.78. The molecule has 0 bridgehead atoms. The van der Waals surface area contributed by atoms with Gasteiger partial charge in [0.15, 0.2) is 0 Å². The fourth-order valence-electron chi connectivity index (χ4n) is 3.14. The summed E-state index contributed by atoms with van der Waals surface area (Å²) < 4.78 is 1.51. The average Bonchev–Trinajstić information content (AvgIpc) is 3.39. The minimum absolute atomic E-state index is 0.100. The molecular formula is C18H18BrN5O2S. The molecule has 0 aromatic carbocycles. The zero-order valence-corrected chi connectivity index (χ0v) is 16.9. The van der Waals surface area contributed by atoms with E-state index < -0.39 is 0 Å². The molecule has 27 heavy (non-hydrogen) atoms. The van der Waals surface area contributed by atoms with Gasteiger partial charge in [0.2, 0.25) is 11.9 Å². The summed E-state index contributed by atoms with van der Waals surface area (Å²) in [6.07, 6.45) is 3.63. The molecule has 0 fully saturated rings. The Bertz CT molecular complexity index is 1030. The van der Waals surface area contributed by atoms with Crippen LogP contribution < -0.4 is 10.9 Å². The van der Waals surface area contributed by atoms with Crippen LogP contribution in [0.5, 0.6) is 0 Å². The number of hydrogen-bond donors (Lipinski definition) is 2.